The lowest BCUT2D eigenvalue weighted by atomic mass is 10.1. The highest BCUT2D eigenvalue weighted by Gasteiger charge is 2.05. The van der Waals surface area contributed by atoms with Crippen LogP contribution < -0.4 is 4.74 Å². The number of thiophene rings is 2. The molecule has 3 rings (SSSR count). The molecule has 0 aliphatic heterocycles. The standard InChI is InChI=1S/C17H16OS2/c1-12-3-8-16(20-12)10-17-9-14(11-19-17)13-4-6-15(18-2)7-5-13/h3-9,11H,10H2,1-2H3. The van der Waals surface area contributed by atoms with E-state index in [0.29, 0.717) is 0 Å². The SMILES string of the molecule is COc1ccc(-c2csc(Cc3ccc(C)s3)c2)cc1. The van der Waals surface area contributed by atoms with E-state index >= 15 is 0 Å². The van der Waals surface area contributed by atoms with E-state index in [4.69, 9.17) is 4.74 Å². The number of benzene rings is 1. The quantitative estimate of drug-likeness (QED) is 0.628. The van der Waals surface area contributed by atoms with Gasteiger partial charge >= 0.3 is 0 Å². The zero-order valence-electron chi connectivity index (χ0n) is 11.6. The number of aryl methyl sites for hydroxylation is 1. The molecule has 102 valence electrons. The minimum Gasteiger partial charge on any atom is -0.497 e. The molecule has 2 heterocycles. The third kappa shape index (κ3) is 2.94. The molecule has 0 bridgehead atoms. The van der Waals surface area contributed by atoms with Crippen molar-refractivity contribution >= 4 is 22.7 Å². The van der Waals surface area contributed by atoms with E-state index in [1.807, 2.05) is 34.8 Å². The number of methoxy groups -OCH3 is 1. The summed E-state index contributed by atoms with van der Waals surface area (Å²) in [5.41, 5.74) is 2.54. The van der Waals surface area contributed by atoms with Gasteiger partial charge in [-0.1, -0.05) is 12.1 Å². The molecular weight excluding hydrogens is 284 g/mol. The Morgan fingerprint density at radius 3 is 2.40 bits per heavy atom. The summed E-state index contributed by atoms with van der Waals surface area (Å²) in [4.78, 5) is 4.23. The molecule has 0 radical (unpaired) electrons. The average molecular weight is 300 g/mol. The summed E-state index contributed by atoms with van der Waals surface area (Å²) in [5.74, 6) is 0.901. The molecule has 0 unspecified atom stereocenters. The third-order valence-corrected chi connectivity index (χ3v) is 5.16. The molecular formula is C17H16OS2. The summed E-state index contributed by atoms with van der Waals surface area (Å²) in [6, 6.07) is 15.0. The third-order valence-electron chi connectivity index (χ3n) is 3.22. The summed E-state index contributed by atoms with van der Waals surface area (Å²) in [7, 11) is 1.70. The molecule has 0 amide bonds. The van der Waals surface area contributed by atoms with Crippen LogP contribution in [0.5, 0.6) is 5.75 Å². The predicted octanol–water partition coefficient (Wildman–Crippen LogP) is 5.38. The van der Waals surface area contributed by atoms with E-state index in [1.54, 1.807) is 7.11 Å². The number of rotatable bonds is 4. The molecule has 0 saturated carbocycles. The summed E-state index contributed by atoms with van der Waals surface area (Å²) >= 11 is 3.72. The highest BCUT2D eigenvalue weighted by atomic mass is 32.1. The second kappa shape index (κ2) is 5.81. The fraction of sp³-hybridized carbons (Fsp3) is 0.176. The van der Waals surface area contributed by atoms with E-state index in [0.717, 1.165) is 12.2 Å². The molecule has 3 heteroatoms. The van der Waals surface area contributed by atoms with Gasteiger partial charge in [0, 0.05) is 21.1 Å². The highest BCUT2D eigenvalue weighted by Crippen LogP contribution is 2.29. The van der Waals surface area contributed by atoms with Crippen LogP contribution in [-0.2, 0) is 6.42 Å². The van der Waals surface area contributed by atoms with Crippen molar-refractivity contribution in [1.29, 1.82) is 0 Å². The number of hydrogen-bond donors (Lipinski definition) is 0. The van der Waals surface area contributed by atoms with Gasteiger partial charge in [0.2, 0.25) is 0 Å². The van der Waals surface area contributed by atoms with Crippen LogP contribution in [0.1, 0.15) is 14.6 Å². The van der Waals surface area contributed by atoms with E-state index in [-0.39, 0.29) is 0 Å². The second-order valence-electron chi connectivity index (χ2n) is 4.72. The van der Waals surface area contributed by atoms with Gasteiger partial charge in [-0.25, -0.2) is 0 Å². The monoisotopic (exact) mass is 300 g/mol. The van der Waals surface area contributed by atoms with Crippen LogP contribution in [0.15, 0.2) is 47.8 Å². The Labute approximate surface area is 127 Å². The topological polar surface area (TPSA) is 9.23 Å². The zero-order chi connectivity index (χ0) is 13.9. The van der Waals surface area contributed by atoms with Gasteiger partial charge in [0.05, 0.1) is 7.11 Å². The Morgan fingerprint density at radius 1 is 0.950 bits per heavy atom. The Hall–Kier alpha value is -1.58. The molecule has 0 N–H and O–H groups in total. The highest BCUT2D eigenvalue weighted by molar-refractivity contribution is 7.12. The Balaban J connectivity index is 1.78. The first-order valence-corrected chi connectivity index (χ1v) is 8.21. The molecule has 0 spiro atoms. The van der Waals surface area contributed by atoms with E-state index in [2.05, 4.69) is 42.6 Å². The van der Waals surface area contributed by atoms with Gasteiger partial charge in [0.15, 0.2) is 0 Å². The lowest BCUT2D eigenvalue weighted by Crippen LogP contribution is -1.82. The van der Waals surface area contributed by atoms with Crippen LogP contribution in [0.4, 0.5) is 0 Å². The van der Waals surface area contributed by atoms with Gasteiger partial charge in [0.1, 0.15) is 5.75 Å². The summed E-state index contributed by atoms with van der Waals surface area (Å²) in [6.07, 6.45) is 1.04. The summed E-state index contributed by atoms with van der Waals surface area (Å²) in [6.45, 7) is 2.16. The molecule has 0 aliphatic carbocycles. The van der Waals surface area contributed by atoms with E-state index in [9.17, 15) is 0 Å². The Morgan fingerprint density at radius 2 is 1.75 bits per heavy atom. The van der Waals surface area contributed by atoms with E-state index in [1.165, 1.54) is 25.8 Å². The van der Waals surface area contributed by atoms with Gasteiger partial charge < -0.3 is 4.74 Å². The van der Waals surface area contributed by atoms with Gasteiger partial charge in [-0.3, -0.25) is 0 Å². The van der Waals surface area contributed by atoms with Crippen LogP contribution in [0.25, 0.3) is 11.1 Å². The van der Waals surface area contributed by atoms with Crippen molar-refractivity contribution in [2.75, 3.05) is 7.11 Å². The number of ether oxygens (including phenoxy) is 1. The van der Waals surface area contributed by atoms with Crippen LogP contribution in [-0.4, -0.2) is 7.11 Å². The van der Waals surface area contributed by atoms with Crippen LogP contribution in [0.3, 0.4) is 0 Å². The molecule has 0 fully saturated rings. The van der Waals surface area contributed by atoms with Crippen molar-refractivity contribution in [1.82, 2.24) is 0 Å². The summed E-state index contributed by atoms with van der Waals surface area (Å²) < 4.78 is 5.20. The maximum Gasteiger partial charge on any atom is 0.118 e. The molecule has 20 heavy (non-hydrogen) atoms. The van der Waals surface area contributed by atoms with Gasteiger partial charge in [-0.15, -0.1) is 22.7 Å². The first-order chi connectivity index (χ1) is 9.74. The molecule has 0 saturated heterocycles. The molecule has 0 aliphatic rings. The molecule has 1 aromatic carbocycles. The summed E-state index contributed by atoms with van der Waals surface area (Å²) in [5, 5.41) is 2.23. The van der Waals surface area contributed by atoms with Gasteiger partial charge in [0.25, 0.3) is 0 Å². The lowest BCUT2D eigenvalue weighted by Gasteiger charge is -2.01. The largest absolute Gasteiger partial charge is 0.497 e. The fourth-order valence-electron chi connectivity index (χ4n) is 2.16. The van der Waals surface area contributed by atoms with Crippen LogP contribution >= 0.6 is 22.7 Å². The Bertz CT molecular complexity index is 692. The molecule has 3 aromatic rings. The maximum atomic E-state index is 5.20. The second-order valence-corrected chi connectivity index (χ2v) is 7.09. The normalized spacial score (nSPS) is 10.7. The molecule has 2 aromatic heterocycles. The van der Waals surface area contributed by atoms with Gasteiger partial charge in [-0.2, -0.15) is 0 Å². The minimum atomic E-state index is 0.901. The van der Waals surface area contributed by atoms with Gasteiger partial charge in [-0.05, 0) is 53.8 Å². The minimum absolute atomic E-state index is 0.901. The first kappa shape index (κ1) is 13.4. The average Bonchev–Trinajstić information content (AvgIpc) is 3.09. The molecule has 0 atom stereocenters. The van der Waals surface area contributed by atoms with Crippen LogP contribution in [0.2, 0.25) is 0 Å². The van der Waals surface area contributed by atoms with Crippen molar-refractivity contribution in [2.45, 2.75) is 13.3 Å². The zero-order valence-corrected chi connectivity index (χ0v) is 13.2. The predicted molar refractivity (Wildman–Crippen MR) is 88.2 cm³/mol. The van der Waals surface area contributed by atoms with Crippen molar-refractivity contribution in [3.05, 3.63) is 62.5 Å². The van der Waals surface area contributed by atoms with Crippen molar-refractivity contribution in [2.24, 2.45) is 0 Å². The smallest absolute Gasteiger partial charge is 0.118 e. The van der Waals surface area contributed by atoms with Crippen molar-refractivity contribution in [3.63, 3.8) is 0 Å². The van der Waals surface area contributed by atoms with Crippen LogP contribution in [0, 0.1) is 6.92 Å². The van der Waals surface area contributed by atoms with E-state index < -0.39 is 0 Å². The number of hydrogen-bond acceptors (Lipinski definition) is 3. The Kier molecular flexibility index (Phi) is 3.90. The lowest BCUT2D eigenvalue weighted by molar-refractivity contribution is 0.415. The van der Waals surface area contributed by atoms with Crippen molar-refractivity contribution in [3.8, 4) is 16.9 Å². The first-order valence-electron chi connectivity index (χ1n) is 6.52. The fourth-order valence-corrected chi connectivity index (χ4v) is 4.08. The molecule has 1 nitrogen and oxygen atoms in total. The van der Waals surface area contributed by atoms with Crippen molar-refractivity contribution < 1.29 is 4.74 Å². The maximum absolute atomic E-state index is 5.20.